The van der Waals surface area contributed by atoms with Crippen LogP contribution < -0.4 is 0 Å². The molecule has 29 heavy (non-hydrogen) atoms. The molecule has 2 aliphatic carbocycles. The number of aryl methyl sites for hydroxylation is 1. The van der Waals surface area contributed by atoms with Crippen molar-refractivity contribution < 1.29 is 26.3 Å². The van der Waals surface area contributed by atoms with Crippen molar-refractivity contribution in [1.29, 1.82) is 0 Å². The van der Waals surface area contributed by atoms with Crippen LogP contribution in [0.25, 0.3) is 0 Å². The normalized spacial score (nSPS) is 21.6. The van der Waals surface area contributed by atoms with Crippen molar-refractivity contribution in [2.24, 2.45) is 5.41 Å². The van der Waals surface area contributed by atoms with Crippen molar-refractivity contribution in [2.75, 3.05) is 6.26 Å². The summed E-state index contributed by atoms with van der Waals surface area (Å²) in [6.45, 7) is 1.58. The lowest BCUT2D eigenvalue weighted by Crippen LogP contribution is -2.56. The second-order valence-corrected chi connectivity index (χ2v) is 10.6. The fraction of sp³-hybridized carbons (Fsp3) is 0.526. The highest BCUT2D eigenvalue weighted by atomic mass is 35.5. The molecule has 2 fully saturated rings. The van der Waals surface area contributed by atoms with Gasteiger partial charge in [0.2, 0.25) is 5.92 Å². The second kappa shape index (κ2) is 6.72. The minimum Gasteiger partial charge on any atom is -0.362 e. The molecule has 1 aromatic heterocycles. The molecule has 0 aliphatic heterocycles. The molecule has 0 bridgehead atoms. The van der Waals surface area contributed by atoms with E-state index < -0.39 is 27.7 Å². The van der Waals surface area contributed by atoms with Crippen molar-refractivity contribution in [3.05, 3.63) is 46.1 Å². The average molecular weight is 449 g/mol. The molecule has 0 saturated heterocycles. The summed E-state index contributed by atoms with van der Waals surface area (Å²) in [4.78, 5) is 7.12. The SMILES string of the molecule is Cc1[nH]c(C(OC2CC3(C2)CC(F)(F)C3)c2ccc(F)c(Cl)c2)nc1S(C)(=O)=O. The Morgan fingerprint density at radius 2 is 1.97 bits per heavy atom. The van der Waals surface area contributed by atoms with Gasteiger partial charge in [-0.15, -0.1) is 0 Å². The number of sulfone groups is 1. The standard InChI is InChI=1S/C19H20ClF3N2O3S/c1-10-17(29(2,26)27)25-16(24-10)15(11-3-4-14(21)13(20)5-11)28-12-6-18(7-12)8-19(22,23)9-18/h3-5,12,15H,6-9H2,1-2H3,(H,24,25). The molecule has 1 heterocycles. The number of hydrogen-bond acceptors (Lipinski definition) is 4. The average Bonchev–Trinajstić information content (AvgIpc) is 2.93. The third-order valence-electron chi connectivity index (χ3n) is 5.62. The van der Waals surface area contributed by atoms with E-state index in [4.69, 9.17) is 16.3 Å². The fourth-order valence-corrected chi connectivity index (χ4v) is 5.52. The van der Waals surface area contributed by atoms with E-state index in [0.29, 0.717) is 24.1 Å². The van der Waals surface area contributed by atoms with Gasteiger partial charge < -0.3 is 9.72 Å². The number of halogens is 4. The van der Waals surface area contributed by atoms with Crippen LogP contribution in [0.2, 0.25) is 5.02 Å². The summed E-state index contributed by atoms with van der Waals surface area (Å²) in [5, 5.41) is -0.204. The summed E-state index contributed by atoms with van der Waals surface area (Å²) in [7, 11) is -3.56. The second-order valence-electron chi connectivity index (χ2n) is 8.25. The van der Waals surface area contributed by atoms with Crippen LogP contribution >= 0.6 is 11.6 Å². The summed E-state index contributed by atoms with van der Waals surface area (Å²) in [6.07, 6.45) is 0.656. The van der Waals surface area contributed by atoms with Gasteiger partial charge in [-0.05, 0) is 42.9 Å². The summed E-state index contributed by atoms with van der Waals surface area (Å²) >= 11 is 5.91. The molecule has 2 aliphatic rings. The number of hydrogen-bond donors (Lipinski definition) is 1. The minimum atomic E-state index is -3.56. The smallest absolute Gasteiger partial charge is 0.249 e. The number of H-pyrrole nitrogens is 1. The van der Waals surface area contributed by atoms with Crippen molar-refractivity contribution in [1.82, 2.24) is 9.97 Å². The van der Waals surface area contributed by atoms with Gasteiger partial charge in [-0.3, -0.25) is 0 Å². The van der Waals surface area contributed by atoms with Gasteiger partial charge in [-0.2, -0.15) is 0 Å². The van der Waals surface area contributed by atoms with Crippen molar-refractivity contribution >= 4 is 21.4 Å². The molecule has 5 nitrogen and oxygen atoms in total. The number of alkyl halides is 2. The molecule has 0 radical (unpaired) electrons. The zero-order chi connectivity index (χ0) is 21.2. The third-order valence-corrected chi connectivity index (χ3v) is 7.01. The number of aromatic nitrogens is 2. The van der Waals surface area contributed by atoms with Gasteiger partial charge in [0.05, 0.1) is 16.8 Å². The number of nitrogens with one attached hydrogen (secondary N) is 1. The molecule has 2 aromatic rings. The molecule has 1 atom stereocenters. The summed E-state index contributed by atoms with van der Waals surface area (Å²) in [6, 6.07) is 4.07. The lowest BCUT2D eigenvalue weighted by Gasteiger charge is -2.57. The van der Waals surface area contributed by atoms with Crippen molar-refractivity contribution in [2.45, 2.75) is 55.8 Å². The van der Waals surface area contributed by atoms with Crippen molar-refractivity contribution in [3.8, 4) is 0 Å². The van der Waals surface area contributed by atoms with E-state index in [1.165, 1.54) is 18.2 Å². The number of ether oxygens (including phenoxy) is 1. The molecule has 1 spiro atoms. The maximum Gasteiger partial charge on any atom is 0.249 e. The molecule has 1 aromatic carbocycles. The van der Waals surface area contributed by atoms with E-state index in [-0.39, 0.29) is 40.2 Å². The number of rotatable bonds is 5. The molecule has 1 unspecified atom stereocenters. The molecular formula is C19H20ClF3N2O3S. The van der Waals surface area contributed by atoms with Crippen LogP contribution in [0.4, 0.5) is 13.2 Å². The lowest BCUT2D eigenvalue weighted by molar-refractivity contribution is -0.233. The number of nitrogens with zero attached hydrogens (tertiary/aromatic N) is 1. The van der Waals surface area contributed by atoms with E-state index in [1.54, 1.807) is 6.92 Å². The Labute approximate surface area is 171 Å². The van der Waals surface area contributed by atoms with Gasteiger partial charge in [0.1, 0.15) is 17.7 Å². The van der Waals surface area contributed by atoms with Crippen LogP contribution in [0.15, 0.2) is 23.2 Å². The fourth-order valence-electron chi connectivity index (χ4n) is 4.46. The molecule has 0 amide bonds. The Balaban J connectivity index is 1.61. The summed E-state index contributed by atoms with van der Waals surface area (Å²) in [5.74, 6) is -2.96. The van der Waals surface area contributed by atoms with Gasteiger partial charge >= 0.3 is 0 Å². The first-order chi connectivity index (χ1) is 13.4. The predicted octanol–water partition coefficient (Wildman–Crippen LogP) is 4.60. The van der Waals surface area contributed by atoms with Gasteiger partial charge in [0, 0.05) is 19.1 Å². The van der Waals surface area contributed by atoms with E-state index in [1.807, 2.05) is 0 Å². The van der Waals surface area contributed by atoms with Gasteiger partial charge in [-0.25, -0.2) is 26.6 Å². The van der Waals surface area contributed by atoms with E-state index in [9.17, 15) is 21.6 Å². The summed E-state index contributed by atoms with van der Waals surface area (Å²) in [5.41, 5.74) is 0.467. The number of aromatic amines is 1. The zero-order valence-corrected chi connectivity index (χ0v) is 17.4. The van der Waals surface area contributed by atoms with Crippen LogP contribution in [0, 0.1) is 18.2 Å². The van der Waals surface area contributed by atoms with Crippen LogP contribution in [0.3, 0.4) is 0 Å². The molecule has 10 heteroatoms. The van der Waals surface area contributed by atoms with Gasteiger partial charge in [-0.1, -0.05) is 17.7 Å². The third kappa shape index (κ3) is 3.92. The molecular weight excluding hydrogens is 429 g/mol. The minimum absolute atomic E-state index is 0.0991. The van der Waals surface area contributed by atoms with E-state index in [2.05, 4.69) is 9.97 Å². The first-order valence-electron chi connectivity index (χ1n) is 9.12. The Morgan fingerprint density at radius 3 is 2.48 bits per heavy atom. The van der Waals surface area contributed by atoms with Gasteiger partial charge in [0.15, 0.2) is 14.9 Å². The molecule has 2 saturated carbocycles. The topological polar surface area (TPSA) is 72.0 Å². The zero-order valence-electron chi connectivity index (χ0n) is 15.8. The van der Waals surface area contributed by atoms with Crippen LogP contribution in [0.5, 0.6) is 0 Å². The van der Waals surface area contributed by atoms with Crippen LogP contribution in [-0.2, 0) is 14.6 Å². The number of imidazole rings is 1. The Kier molecular flexibility index (Phi) is 4.79. The van der Waals surface area contributed by atoms with E-state index >= 15 is 0 Å². The highest BCUT2D eigenvalue weighted by molar-refractivity contribution is 7.90. The first kappa shape index (κ1) is 20.7. The molecule has 1 N–H and O–H groups in total. The van der Waals surface area contributed by atoms with Gasteiger partial charge in [0.25, 0.3) is 0 Å². The Bertz CT molecular complexity index is 1050. The monoisotopic (exact) mass is 448 g/mol. The lowest BCUT2D eigenvalue weighted by atomic mass is 9.53. The molecule has 158 valence electrons. The highest BCUT2D eigenvalue weighted by Gasteiger charge is 2.62. The largest absolute Gasteiger partial charge is 0.362 e. The highest BCUT2D eigenvalue weighted by Crippen LogP contribution is 2.63. The maximum absolute atomic E-state index is 13.6. The quantitative estimate of drug-likeness (QED) is 0.725. The van der Waals surface area contributed by atoms with Crippen molar-refractivity contribution in [3.63, 3.8) is 0 Å². The number of benzene rings is 1. The van der Waals surface area contributed by atoms with E-state index in [0.717, 1.165) is 6.26 Å². The predicted molar refractivity (Wildman–Crippen MR) is 100 cm³/mol. The first-order valence-corrected chi connectivity index (χ1v) is 11.4. The Morgan fingerprint density at radius 1 is 1.31 bits per heavy atom. The Hall–Kier alpha value is -1.58. The van der Waals surface area contributed by atoms with Crippen LogP contribution in [0.1, 0.15) is 48.9 Å². The summed E-state index contributed by atoms with van der Waals surface area (Å²) < 4.78 is 70.1. The van der Waals surface area contributed by atoms with Crippen LogP contribution in [-0.4, -0.2) is 36.7 Å². The molecule has 4 rings (SSSR count). The maximum atomic E-state index is 13.6.